The van der Waals surface area contributed by atoms with E-state index >= 15 is 0 Å². The number of rotatable bonds is 7. The molecule has 1 fully saturated rings. The van der Waals surface area contributed by atoms with Gasteiger partial charge in [-0.3, -0.25) is 4.79 Å². The number of allylic oxidation sites excluding steroid dienone is 1. The third kappa shape index (κ3) is 6.45. The Morgan fingerprint density at radius 2 is 1.95 bits per heavy atom. The summed E-state index contributed by atoms with van der Waals surface area (Å²) in [5.74, 6) is 0.491. The lowest BCUT2D eigenvalue weighted by atomic mass is 10.00. The summed E-state index contributed by atoms with van der Waals surface area (Å²) < 4.78 is 5.29. The number of amides is 1. The molecule has 0 spiro atoms. The lowest BCUT2D eigenvalue weighted by Gasteiger charge is -2.18. The van der Waals surface area contributed by atoms with Gasteiger partial charge in [0.2, 0.25) is 5.91 Å². The Morgan fingerprint density at radius 1 is 1.19 bits per heavy atom. The van der Waals surface area contributed by atoms with E-state index in [4.69, 9.17) is 4.74 Å². The van der Waals surface area contributed by atoms with Gasteiger partial charge >= 0.3 is 0 Å². The highest BCUT2D eigenvalue weighted by molar-refractivity contribution is 5.87. The predicted molar refractivity (Wildman–Crippen MR) is 85.2 cm³/mol. The van der Waals surface area contributed by atoms with Crippen molar-refractivity contribution in [1.82, 2.24) is 5.32 Å². The minimum absolute atomic E-state index is 0.00111. The quantitative estimate of drug-likeness (QED) is 0.599. The van der Waals surface area contributed by atoms with Gasteiger partial charge in [0.25, 0.3) is 0 Å². The summed E-state index contributed by atoms with van der Waals surface area (Å²) in [6, 6.07) is 10.1. The molecule has 1 aromatic carbocycles. The van der Waals surface area contributed by atoms with E-state index in [1.54, 1.807) is 6.08 Å². The van der Waals surface area contributed by atoms with E-state index in [9.17, 15) is 4.79 Å². The topological polar surface area (TPSA) is 50.4 Å². The molecule has 4 nitrogen and oxygen atoms in total. The summed E-state index contributed by atoms with van der Waals surface area (Å²) in [4.78, 5) is 11.7. The zero-order chi connectivity index (χ0) is 14.8. The van der Waals surface area contributed by atoms with Crippen molar-refractivity contribution in [3.05, 3.63) is 42.5 Å². The fourth-order valence-corrected chi connectivity index (χ4v) is 2.28. The van der Waals surface area contributed by atoms with Crippen LogP contribution in [0.1, 0.15) is 19.3 Å². The third-order valence-corrected chi connectivity index (χ3v) is 3.54. The molecule has 1 aliphatic rings. The van der Waals surface area contributed by atoms with Crippen LogP contribution in [0, 0.1) is 5.92 Å². The molecule has 0 unspecified atom stereocenters. The van der Waals surface area contributed by atoms with Crippen molar-refractivity contribution in [2.45, 2.75) is 19.3 Å². The normalized spacial score (nSPS) is 16.0. The van der Waals surface area contributed by atoms with Crippen LogP contribution in [0.25, 0.3) is 0 Å². The van der Waals surface area contributed by atoms with Crippen molar-refractivity contribution in [3.8, 4) is 0 Å². The zero-order valence-electron chi connectivity index (χ0n) is 12.4. The average molecular weight is 288 g/mol. The van der Waals surface area contributed by atoms with Gasteiger partial charge in [-0.15, -0.1) is 0 Å². The number of nitrogens with one attached hydrogen (secondary N) is 2. The smallest absolute Gasteiger partial charge is 0.243 e. The molecule has 1 aromatic rings. The number of ether oxygens (including phenoxy) is 1. The summed E-state index contributed by atoms with van der Waals surface area (Å²) in [6.45, 7) is 3.16. The number of benzene rings is 1. The Hall–Kier alpha value is -1.81. The Kier molecular flexibility index (Phi) is 6.81. The highest BCUT2D eigenvalue weighted by Crippen LogP contribution is 2.15. The average Bonchev–Trinajstić information content (AvgIpc) is 2.54. The monoisotopic (exact) mass is 288 g/mol. The van der Waals surface area contributed by atoms with Crippen LogP contribution >= 0.6 is 0 Å². The molecule has 1 saturated heterocycles. The first kappa shape index (κ1) is 15.6. The SMILES string of the molecule is O=C(/C=C/C1CCOCC1)NCCCNc1ccccc1. The van der Waals surface area contributed by atoms with Crippen LogP contribution in [0.3, 0.4) is 0 Å². The maximum absolute atomic E-state index is 11.7. The van der Waals surface area contributed by atoms with Gasteiger partial charge in [-0.1, -0.05) is 24.3 Å². The third-order valence-electron chi connectivity index (χ3n) is 3.54. The minimum atomic E-state index is 0.00111. The second-order valence-corrected chi connectivity index (χ2v) is 5.25. The Balaban J connectivity index is 1.53. The molecule has 0 aromatic heterocycles. The van der Waals surface area contributed by atoms with E-state index in [2.05, 4.69) is 10.6 Å². The maximum Gasteiger partial charge on any atom is 0.243 e. The highest BCUT2D eigenvalue weighted by Gasteiger charge is 2.10. The van der Waals surface area contributed by atoms with Crippen LogP contribution in [-0.2, 0) is 9.53 Å². The molecule has 0 radical (unpaired) electrons. The first-order valence-corrected chi connectivity index (χ1v) is 7.67. The summed E-state index contributed by atoms with van der Waals surface area (Å²) in [5.41, 5.74) is 1.11. The molecule has 0 bridgehead atoms. The second-order valence-electron chi connectivity index (χ2n) is 5.25. The van der Waals surface area contributed by atoms with Crippen LogP contribution in [0.15, 0.2) is 42.5 Å². The summed E-state index contributed by atoms with van der Waals surface area (Å²) in [5, 5.41) is 6.23. The molecule has 2 N–H and O–H groups in total. The molecule has 4 heteroatoms. The number of anilines is 1. The van der Waals surface area contributed by atoms with E-state index in [-0.39, 0.29) is 5.91 Å². The number of para-hydroxylation sites is 1. The van der Waals surface area contributed by atoms with Crippen molar-refractivity contribution in [2.75, 3.05) is 31.6 Å². The van der Waals surface area contributed by atoms with Crippen molar-refractivity contribution in [3.63, 3.8) is 0 Å². The molecular formula is C17H24N2O2. The van der Waals surface area contributed by atoms with Crippen LogP contribution in [0.4, 0.5) is 5.69 Å². The van der Waals surface area contributed by atoms with Gasteiger partial charge in [0.1, 0.15) is 0 Å². The first-order chi connectivity index (χ1) is 10.3. The van der Waals surface area contributed by atoms with E-state index < -0.39 is 0 Å². The van der Waals surface area contributed by atoms with Gasteiger partial charge < -0.3 is 15.4 Å². The Morgan fingerprint density at radius 3 is 2.71 bits per heavy atom. The number of carbonyl (C=O) groups excluding carboxylic acids is 1. The number of hydrogen-bond acceptors (Lipinski definition) is 3. The molecule has 0 aliphatic carbocycles. The molecule has 0 saturated carbocycles. The van der Waals surface area contributed by atoms with E-state index in [0.717, 1.165) is 44.7 Å². The van der Waals surface area contributed by atoms with Gasteiger partial charge in [-0.25, -0.2) is 0 Å². The fourth-order valence-electron chi connectivity index (χ4n) is 2.28. The van der Waals surface area contributed by atoms with Crippen LogP contribution in [-0.4, -0.2) is 32.2 Å². The molecule has 21 heavy (non-hydrogen) atoms. The summed E-state index contributed by atoms with van der Waals surface area (Å²) in [6.07, 6.45) is 6.63. The second kappa shape index (κ2) is 9.19. The van der Waals surface area contributed by atoms with Crippen LogP contribution < -0.4 is 10.6 Å². The first-order valence-electron chi connectivity index (χ1n) is 7.67. The molecular weight excluding hydrogens is 264 g/mol. The number of carbonyl (C=O) groups is 1. The van der Waals surface area contributed by atoms with Gasteiger partial charge in [-0.05, 0) is 43.4 Å². The van der Waals surface area contributed by atoms with Crippen molar-refractivity contribution < 1.29 is 9.53 Å². The van der Waals surface area contributed by atoms with Crippen LogP contribution in [0.5, 0.6) is 0 Å². The van der Waals surface area contributed by atoms with Crippen molar-refractivity contribution in [2.24, 2.45) is 5.92 Å². The van der Waals surface area contributed by atoms with Gasteiger partial charge in [0.05, 0.1) is 0 Å². The van der Waals surface area contributed by atoms with Gasteiger partial charge in [0, 0.05) is 32.0 Å². The highest BCUT2D eigenvalue weighted by atomic mass is 16.5. The lowest BCUT2D eigenvalue weighted by Crippen LogP contribution is -2.24. The van der Waals surface area contributed by atoms with Crippen molar-refractivity contribution >= 4 is 11.6 Å². The predicted octanol–water partition coefficient (Wildman–Crippen LogP) is 2.59. The summed E-state index contributed by atoms with van der Waals surface area (Å²) in [7, 11) is 0. The lowest BCUT2D eigenvalue weighted by molar-refractivity contribution is -0.116. The minimum Gasteiger partial charge on any atom is -0.385 e. The zero-order valence-corrected chi connectivity index (χ0v) is 12.4. The molecule has 0 atom stereocenters. The van der Waals surface area contributed by atoms with Gasteiger partial charge in [0.15, 0.2) is 0 Å². The van der Waals surface area contributed by atoms with Crippen molar-refractivity contribution in [1.29, 1.82) is 0 Å². The maximum atomic E-state index is 11.7. The molecule has 2 rings (SSSR count). The summed E-state index contributed by atoms with van der Waals surface area (Å²) >= 11 is 0. The Labute approximate surface area is 126 Å². The molecule has 1 amide bonds. The van der Waals surface area contributed by atoms with Crippen LogP contribution in [0.2, 0.25) is 0 Å². The van der Waals surface area contributed by atoms with E-state index in [0.29, 0.717) is 12.5 Å². The number of hydrogen-bond donors (Lipinski definition) is 2. The largest absolute Gasteiger partial charge is 0.385 e. The fraction of sp³-hybridized carbons (Fsp3) is 0.471. The Bertz CT molecular complexity index is 439. The molecule has 114 valence electrons. The molecule has 1 aliphatic heterocycles. The molecule has 1 heterocycles. The standard InChI is InChI=1S/C17H24N2O2/c20-17(8-7-15-9-13-21-14-10-15)19-12-4-11-18-16-5-2-1-3-6-16/h1-3,5-8,15,18H,4,9-14H2,(H,19,20)/b8-7+. The van der Waals surface area contributed by atoms with E-state index in [1.807, 2.05) is 36.4 Å². The van der Waals surface area contributed by atoms with Gasteiger partial charge in [-0.2, -0.15) is 0 Å². The van der Waals surface area contributed by atoms with E-state index in [1.165, 1.54) is 0 Å².